The van der Waals surface area contributed by atoms with Crippen LogP contribution in [0, 0.1) is 17.0 Å². The summed E-state index contributed by atoms with van der Waals surface area (Å²) in [5.41, 5.74) is 0.595. The van der Waals surface area contributed by atoms with Crippen molar-refractivity contribution in [3.05, 3.63) is 52.1 Å². The number of hydrogen-bond donors (Lipinski definition) is 1. The van der Waals surface area contributed by atoms with Crippen LogP contribution in [-0.2, 0) is 14.8 Å². The monoisotopic (exact) mass is 435 g/mol. The third-order valence-corrected chi connectivity index (χ3v) is 5.87. The molecule has 0 unspecified atom stereocenters. The fraction of sp³-hybridized carbons (Fsp3) is 0.316. The van der Waals surface area contributed by atoms with E-state index in [2.05, 4.69) is 5.32 Å². The molecular weight excluding hydrogens is 414 g/mol. The molecule has 1 atom stereocenters. The number of carbonyl (C=O) groups excluding carboxylic acids is 1. The molecular formula is C19H21N3O7S. The number of nitro groups is 1. The van der Waals surface area contributed by atoms with Gasteiger partial charge in [-0.25, -0.2) is 8.42 Å². The molecule has 2 aromatic carbocycles. The number of rotatable bonds is 6. The quantitative estimate of drug-likeness (QED) is 0.545. The summed E-state index contributed by atoms with van der Waals surface area (Å²) in [4.78, 5) is 23.4. The van der Waals surface area contributed by atoms with Crippen LogP contribution in [0.25, 0.3) is 0 Å². The SMILES string of the molecule is Cc1c(NC(=O)[C@H](C)N(c2ccc3c(c2)OCCO3)S(C)(=O)=O)cccc1[N+](=O)[O-]. The first-order valence-corrected chi connectivity index (χ1v) is 10.9. The number of carbonyl (C=O) groups is 1. The highest BCUT2D eigenvalue weighted by molar-refractivity contribution is 7.92. The Balaban J connectivity index is 1.91. The second-order valence-corrected chi connectivity index (χ2v) is 8.62. The number of nitro benzene ring substituents is 1. The van der Waals surface area contributed by atoms with Crippen LogP contribution in [0.3, 0.4) is 0 Å². The minimum atomic E-state index is -3.84. The molecule has 0 saturated heterocycles. The molecule has 3 rings (SSSR count). The van der Waals surface area contributed by atoms with Gasteiger partial charge in [0.05, 0.1) is 28.1 Å². The summed E-state index contributed by atoms with van der Waals surface area (Å²) in [5, 5.41) is 13.7. The van der Waals surface area contributed by atoms with Crippen LogP contribution in [-0.4, -0.2) is 44.8 Å². The Bertz CT molecular complexity index is 1100. The van der Waals surface area contributed by atoms with E-state index >= 15 is 0 Å². The van der Waals surface area contributed by atoms with Crippen LogP contribution in [0.5, 0.6) is 11.5 Å². The normalized spacial score (nSPS) is 14.0. The Morgan fingerprint density at radius 2 is 1.87 bits per heavy atom. The number of benzene rings is 2. The number of nitrogens with zero attached hydrogens (tertiary/aromatic N) is 2. The molecule has 0 fully saturated rings. The van der Waals surface area contributed by atoms with E-state index < -0.39 is 26.9 Å². The van der Waals surface area contributed by atoms with Crippen molar-refractivity contribution in [3.8, 4) is 11.5 Å². The van der Waals surface area contributed by atoms with Crippen LogP contribution in [0.2, 0.25) is 0 Å². The predicted molar refractivity (Wildman–Crippen MR) is 111 cm³/mol. The number of nitrogens with one attached hydrogen (secondary N) is 1. The maximum atomic E-state index is 12.9. The van der Waals surface area contributed by atoms with Gasteiger partial charge in [-0.1, -0.05) is 6.07 Å². The van der Waals surface area contributed by atoms with Crippen molar-refractivity contribution in [1.82, 2.24) is 0 Å². The van der Waals surface area contributed by atoms with Crippen LogP contribution < -0.4 is 19.1 Å². The Morgan fingerprint density at radius 3 is 2.50 bits per heavy atom. The molecule has 0 saturated carbocycles. The highest BCUT2D eigenvalue weighted by Gasteiger charge is 2.31. The zero-order chi connectivity index (χ0) is 22.1. The summed E-state index contributed by atoms with van der Waals surface area (Å²) >= 11 is 0. The number of sulfonamides is 1. The Hall–Kier alpha value is -3.34. The number of amides is 1. The lowest BCUT2D eigenvalue weighted by molar-refractivity contribution is -0.385. The van der Waals surface area contributed by atoms with Crippen LogP contribution >= 0.6 is 0 Å². The van der Waals surface area contributed by atoms with Crippen LogP contribution in [0.4, 0.5) is 17.1 Å². The summed E-state index contributed by atoms with van der Waals surface area (Å²) in [6.45, 7) is 3.66. The van der Waals surface area contributed by atoms with Crippen LogP contribution in [0.15, 0.2) is 36.4 Å². The van der Waals surface area contributed by atoms with Gasteiger partial charge in [0.25, 0.3) is 5.69 Å². The molecule has 30 heavy (non-hydrogen) atoms. The van der Waals surface area contributed by atoms with Gasteiger partial charge >= 0.3 is 0 Å². The minimum Gasteiger partial charge on any atom is -0.486 e. The molecule has 0 spiro atoms. The molecule has 1 heterocycles. The first kappa shape index (κ1) is 21.4. The molecule has 11 heteroatoms. The Kier molecular flexibility index (Phi) is 5.83. The highest BCUT2D eigenvalue weighted by atomic mass is 32.2. The van der Waals surface area contributed by atoms with Crippen molar-refractivity contribution in [2.45, 2.75) is 19.9 Å². The molecule has 10 nitrogen and oxygen atoms in total. The molecule has 0 radical (unpaired) electrons. The van der Waals surface area contributed by atoms with E-state index in [1.54, 1.807) is 6.07 Å². The predicted octanol–water partition coefficient (Wildman–Crippen LogP) is 2.47. The van der Waals surface area contributed by atoms with Gasteiger partial charge in [-0.3, -0.25) is 19.2 Å². The van der Waals surface area contributed by atoms with Crippen molar-refractivity contribution in [2.24, 2.45) is 0 Å². The molecule has 1 amide bonds. The van der Waals surface area contributed by atoms with Gasteiger partial charge in [-0.15, -0.1) is 0 Å². The maximum absolute atomic E-state index is 12.9. The largest absolute Gasteiger partial charge is 0.486 e. The fourth-order valence-corrected chi connectivity index (χ4v) is 4.34. The van der Waals surface area contributed by atoms with Gasteiger partial charge in [0, 0.05) is 12.1 Å². The van der Waals surface area contributed by atoms with Gasteiger partial charge in [0.15, 0.2) is 11.5 Å². The number of hydrogen-bond acceptors (Lipinski definition) is 7. The maximum Gasteiger partial charge on any atom is 0.274 e. The van der Waals surface area contributed by atoms with E-state index in [1.807, 2.05) is 0 Å². The average Bonchev–Trinajstić information content (AvgIpc) is 2.68. The summed E-state index contributed by atoms with van der Waals surface area (Å²) in [6.07, 6.45) is 0.992. The van der Waals surface area contributed by atoms with Gasteiger partial charge in [-0.2, -0.15) is 0 Å². The number of anilines is 2. The van der Waals surface area contributed by atoms with Gasteiger partial charge < -0.3 is 14.8 Å². The second kappa shape index (κ2) is 8.19. The summed E-state index contributed by atoms with van der Waals surface area (Å²) in [7, 11) is -3.84. The molecule has 0 aliphatic carbocycles. The zero-order valence-corrected chi connectivity index (χ0v) is 17.4. The molecule has 0 bridgehead atoms. The van der Waals surface area contributed by atoms with Crippen LogP contribution in [0.1, 0.15) is 12.5 Å². The van der Waals surface area contributed by atoms with E-state index in [0.717, 1.165) is 10.6 Å². The average molecular weight is 435 g/mol. The smallest absolute Gasteiger partial charge is 0.274 e. The second-order valence-electron chi connectivity index (χ2n) is 6.76. The Labute approximate surface area is 173 Å². The molecule has 1 aliphatic rings. The van der Waals surface area contributed by atoms with Crippen molar-refractivity contribution in [3.63, 3.8) is 0 Å². The lowest BCUT2D eigenvalue weighted by Gasteiger charge is -2.29. The number of ether oxygens (including phenoxy) is 2. The van der Waals surface area contributed by atoms with Gasteiger partial charge in [-0.05, 0) is 32.0 Å². The molecule has 1 N–H and O–H groups in total. The first-order chi connectivity index (χ1) is 14.1. The van der Waals surface area contributed by atoms with E-state index in [1.165, 1.54) is 44.2 Å². The van der Waals surface area contributed by atoms with Crippen molar-refractivity contribution >= 4 is 33.0 Å². The third kappa shape index (κ3) is 4.30. The zero-order valence-electron chi connectivity index (χ0n) is 16.6. The molecule has 0 aromatic heterocycles. The highest BCUT2D eigenvalue weighted by Crippen LogP contribution is 2.35. The standard InChI is InChI=1S/C19H21N3O7S/c1-12-15(5-4-6-16(12)22(24)25)20-19(23)13(2)21(30(3,26)27)14-7-8-17-18(11-14)29-10-9-28-17/h4-8,11,13H,9-10H2,1-3H3,(H,20,23)/t13-/m0/s1. The fourth-order valence-electron chi connectivity index (χ4n) is 3.17. The molecule has 1 aliphatic heterocycles. The lowest BCUT2D eigenvalue weighted by Crippen LogP contribution is -2.45. The lowest BCUT2D eigenvalue weighted by atomic mass is 10.1. The Morgan fingerprint density at radius 1 is 1.20 bits per heavy atom. The minimum absolute atomic E-state index is 0.146. The van der Waals surface area contributed by atoms with Gasteiger partial charge in [0.1, 0.15) is 19.3 Å². The third-order valence-electron chi connectivity index (χ3n) is 4.63. The van der Waals surface area contributed by atoms with E-state index in [9.17, 15) is 23.3 Å². The van der Waals surface area contributed by atoms with Crippen molar-refractivity contribution in [2.75, 3.05) is 29.1 Å². The van der Waals surface area contributed by atoms with Gasteiger partial charge in [0.2, 0.25) is 15.9 Å². The summed E-state index contributed by atoms with van der Waals surface area (Å²) < 4.78 is 36.9. The summed E-state index contributed by atoms with van der Waals surface area (Å²) in [5.74, 6) is 0.233. The number of fused-ring (bicyclic) bond motifs is 1. The summed E-state index contributed by atoms with van der Waals surface area (Å²) in [6, 6.07) is 7.75. The van der Waals surface area contributed by atoms with E-state index in [4.69, 9.17) is 9.47 Å². The molecule has 2 aromatic rings. The molecule has 160 valence electrons. The van der Waals surface area contributed by atoms with E-state index in [0.29, 0.717) is 24.7 Å². The van der Waals surface area contributed by atoms with Crippen molar-refractivity contribution < 1.29 is 27.6 Å². The first-order valence-electron chi connectivity index (χ1n) is 9.03. The van der Waals surface area contributed by atoms with Crippen molar-refractivity contribution in [1.29, 1.82) is 0 Å². The van der Waals surface area contributed by atoms with E-state index in [-0.39, 0.29) is 22.6 Å². The topological polar surface area (TPSA) is 128 Å².